The molecule has 2 heterocycles. The topological polar surface area (TPSA) is 112 Å². The molecule has 0 bridgehead atoms. The second-order valence-corrected chi connectivity index (χ2v) is 6.89. The van der Waals surface area contributed by atoms with Crippen LogP contribution in [0.4, 0.5) is 0 Å². The minimum Gasteiger partial charge on any atom is -0.394 e. The highest BCUT2D eigenvalue weighted by Crippen LogP contribution is 2.22. The molecule has 1 saturated heterocycles. The van der Waals surface area contributed by atoms with Gasteiger partial charge >= 0.3 is 0 Å². The van der Waals surface area contributed by atoms with Gasteiger partial charge in [-0.3, -0.25) is 4.79 Å². The Balaban J connectivity index is 1.72. The van der Waals surface area contributed by atoms with Crippen molar-refractivity contribution < 1.29 is 29.6 Å². The Kier molecular flexibility index (Phi) is 9.01. The molecule has 0 aromatic rings. The molecular weight excluding hydrogens is 364 g/mol. The van der Waals surface area contributed by atoms with Crippen molar-refractivity contribution in [1.29, 1.82) is 0 Å². The van der Waals surface area contributed by atoms with Gasteiger partial charge in [-0.2, -0.15) is 5.10 Å². The zero-order valence-electron chi connectivity index (χ0n) is 16.3. The largest absolute Gasteiger partial charge is 0.394 e. The number of amides is 1. The monoisotopic (exact) mass is 394 g/mol. The van der Waals surface area contributed by atoms with Crippen LogP contribution in [0.5, 0.6) is 0 Å². The first kappa shape index (κ1) is 22.4. The molecule has 1 fully saturated rings. The van der Waals surface area contributed by atoms with E-state index in [1.54, 1.807) is 0 Å². The standard InChI is InChI=1S/C20H30N2O6/c1-14-8-7-10-18(25)22(21-14)11-6-4-3-5-9-15(2)27-19-12-16(24)20(26)17(13-23)28-19/h3-5,7-9,15-17,19-20,23-24,26H,6,10-13H2,1-2H3/b4-3-,9-5-/t15?,16?,17?,19?,20-/m0/s1. The van der Waals surface area contributed by atoms with Gasteiger partial charge in [0, 0.05) is 19.4 Å². The van der Waals surface area contributed by atoms with E-state index in [0.717, 1.165) is 5.71 Å². The van der Waals surface area contributed by atoms with Crippen molar-refractivity contribution in [2.45, 2.75) is 63.8 Å². The van der Waals surface area contributed by atoms with Gasteiger partial charge in [0.1, 0.15) is 12.2 Å². The maximum Gasteiger partial charge on any atom is 0.246 e. The average Bonchev–Trinajstić information content (AvgIpc) is 2.81. The fourth-order valence-electron chi connectivity index (χ4n) is 2.92. The molecule has 0 saturated carbocycles. The number of aliphatic hydroxyl groups is 3. The van der Waals surface area contributed by atoms with E-state index >= 15 is 0 Å². The van der Waals surface area contributed by atoms with Crippen LogP contribution < -0.4 is 0 Å². The summed E-state index contributed by atoms with van der Waals surface area (Å²) in [4.78, 5) is 11.9. The third-order valence-corrected chi connectivity index (χ3v) is 4.44. The predicted octanol–water partition coefficient (Wildman–Crippen LogP) is 0.887. The molecule has 0 aromatic carbocycles. The van der Waals surface area contributed by atoms with E-state index in [1.807, 2.05) is 50.3 Å². The van der Waals surface area contributed by atoms with Crippen molar-refractivity contribution in [2.24, 2.45) is 5.10 Å². The minimum absolute atomic E-state index is 0.0139. The van der Waals surface area contributed by atoms with Crippen molar-refractivity contribution >= 4 is 11.6 Å². The predicted molar refractivity (Wildman–Crippen MR) is 104 cm³/mol. The highest BCUT2D eigenvalue weighted by molar-refractivity contribution is 5.95. The molecule has 0 radical (unpaired) electrons. The van der Waals surface area contributed by atoms with E-state index in [1.165, 1.54) is 5.01 Å². The Labute approximate surface area is 165 Å². The summed E-state index contributed by atoms with van der Waals surface area (Å²) in [6.45, 7) is 3.83. The van der Waals surface area contributed by atoms with Crippen molar-refractivity contribution in [3.8, 4) is 0 Å². The molecule has 4 unspecified atom stereocenters. The lowest BCUT2D eigenvalue weighted by Crippen LogP contribution is -2.50. The molecule has 28 heavy (non-hydrogen) atoms. The number of aliphatic hydroxyl groups excluding tert-OH is 3. The maximum atomic E-state index is 11.9. The molecule has 2 rings (SSSR count). The van der Waals surface area contributed by atoms with Gasteiger partial charge < -0.3 is 24.8 Å². The number of ether oxygens (including phenoxy) is 2. The smallest absolute Gasteiger partial charge is 0.246 e. The van der Waals surface area contributed by atoms with Gasteiger partial charge in [0.2, 0.25) is 5.91 Å². The number of carbonyl (C=O) groups excluding carboxylic acids is 1. The molecule has 0 spiro atoms. The Morgan fingerprint density at radius 1 is 1.43 bits per heavy atom. The number of allylic oxidation sites excluding steroid dienone is 3. The maximum absolute atomic E-state index is 11.9. The van der Waals surface area contributed by atoms with Crippen LogP contribution in [0.3, 0.4) is 0 Å². The third kappa shape index (κ3) is 6.96. The number of hydrogen-bond acceptors (Lipinski definition) is 7. The van der Waals surface area contributed by atoms with Crippen LogP contribution in [0.1, 0.15) is 33.1 Å². The number of carbonyl (C=O) groups is 1. The summed E-state index contributed by atoms with van der Waals surface area (Å²) >= 11 is 0. The van der Waals surface area contributed by atoms with Crippen molar-refractivity contribution in [3.05, 3.63) is 36.5 Å². The van der Waals surface area contributed by atoms with E-state index in [-0.39, 0.29) is 25.0 Å². The lowest BCUT2D eigenvalue weighted by atomic mass is 10.0. The highest BCUT2D eigenvalue weighted by Gasteiger charge is 2.37. The molecule has 0 aliphatic carbocycles. The van der Waals surface area contributed by atoms with Gasteiger partial charge in [0.05, 0.1) is 24.5 Å². The number of nitrogens with zero attached hydrogens (tertiary/aromatic N) is 2. The van der Waals surface area contributed by atoms with E-state index in [2.05, 4.69) is 5.10 Å². The van der Waals surface area contributed by atoms with E-state index < -0.39 is 24.6 Å². The van der Waals surface area contributed by atoms with Gasteiger partial charge in [0.25, 0.3) is 0 Å². The Morgan fingerprint density at radius 2 is 2.21 bits per heavy atom. The average molecular weight is 394 g/mol. The van der Waals surface area contributed by atoms with Crippen LogP contribution in [0.15, 0.2) is 41.6 Å². The molecule has 5 atom stereocenters. The SMILES string of the molecule is CC1=NN(CC/C=C\C=C/C(C)OC2CC(O)[C@H](O)C(CO)O2)C(=O)CC=C1. The molecule has 8 nitrogen and oxygen atoms in total. The van der Waals surface area contributed by atoms with Gasteiger partial charge in [-0.05, 0) is 26.3 Å². The van der Waals surface area contributed by atoms with Crippen molar-refractivity contribution in [3.63, 3.8) is 0 Å². The minimum atomic E-state index is -1.11. The van der Waals surface area contributed by atoms with Gasteiger partial charge in [0.15, 0.2) is 6.29 Å². The van der Waals surface area contributed by atoms with Gasteiger partial charge in [-0.15, -0.1) is 0 Å². The summed E-state index contributed by atoms with van der Waals surface area (Å²) in [5.74, 6) is -0.0139. The summed E-state index contributed by atoms with van der Waals surface area (Å²) < 4.78 is 11.1. The fraction of sp³-hybridized carbons (Fsp3) is 0.600. The summed E-state index contributed by atoms with van der Waals surface area (Å²) in [7, 11) is 0. The van der Waals surface area contributed by atoms with E-state index in [9.17, 15) is 20.1 Å². The molecule has 3 N–H and O–H groups in total. The summed E-state index contributed by atoms with van der Waals surface area (Å²) in [5, 5.41) is 34.5. The van der Waals surface area contributed by atoms with Crippen LogP contribution in [0, 0.1) is 0 Å². The highest BCUT2D eigenvalue weighted by atomic mass is 16.7. The van der Waals surface area contributed by atoms with E-state index in [4.69, 9.17) is 9.47 Å². The first-order valence-electron chi connectivity index (χ1n) is 9.54. The summed E-state index contributed by atoms with van der Waals surface area (Å²) in [5.41, 5.74) is 0.812. The van der Waals surface area contributed by atoms with E-state index in [0.29, 0.717) is 19.4 Å². The molecule has 2 aliphatic heterocycles. The molecule has 1 amide bonds. The normalized spacial score (nSPS) is 30.1. The first-order chi connectivity index (χ1) is 13.4. The number of rotatable bonds is 8. The van der Waals surface area contributed by atoms with Crippen LogP contribution in [0.2, 0.25) is 0 Å². The molecule has 2 aliphatic rings. The fourth-order valence-corrected chi connectivity index (χ4v) is 2.92. The summed E-state index contributed by atoms with van der Waals surface area (Å²) in [6.07, 6.45) is 8.40. The van der Waals surface area contributed by atoms with Gasteiger partial charge in [-0.1, -0.05) is 30.4 Å². The van der Waals surface area contributed by atoms with Gasteiger partial charge in [-0.25, -0.2) is 5.01 Å². The van der Waals surface area contributed by atoms with Crippen molar-refractivity contribution in [1.82, 2.24) is 5.01 Å². The molecule has 156 valence electrons. The van der Waals surface area contributed by atoms with Crippen LogP contribution in [-0.4, -0.2) is 75.8 Å². The lowest BCUT2D eigenvalue weighted by molar-refractivity contribution is -0.263. The first-order valence-corrected chi connectivity index (χ1v) is 9.54. The molecule has 8 heteroatoms. The van der Waals surface area contributed by atoms with Crippen LogP contribution in [-0.2, 0) is 14.3 Å². The Morgan fingerprint density at radius 3 is 2.96 bits per heavy atom. The Hall–Kier alpha value is -1.84. The molecular formula is C20H30N2O6. The third-order valence-electron chi connectivity index (χ3n) is 4.44. The summed E-state index contributed by atoms with van der Waals surface area (Å²) in [6, 6.07) is 0. The second kappa shape index (κ2) is 11.2. The van der Waals surface area contributed by atoms with Crippen LogP contribution >= 0.6 is 0 Å². The number of hydrogen-bond donors (Lipinski definition) is 3. The second-order valence-electron chi connectivity index (χ2n) is 6.89. The lowest BCUT2D eigenvalue weighted by Gasteiger charge is -2.36. The van der Waals surface area contributed by atoms with Crippen molar-refractivity contribution in [2.75, 3.05) is 13.2 Å². The molecule has 0 aromatic heterocycles. The Bertz CT molecular complexity index is 630. The quantitative estimate of drug-likeness (QED) is 0.527. The zero-order chi connectivity index (χ0) is 20.5. The van der Waals surface area contributed by atoms with Crippen LogP contribution in [0.25, 0.3) is 0 Å². The number of hydrazone groups is 1. The zero-order valence-corrected chi connectivity index (χ0v) is 16.3.